The number of nitrogens with one attached hydrogen (secondary N) is 1. The summed E-state index contributed by atoms with van der Waals surface area (Å²) in [6.45, 7) is 8.23. The van der Waals surface area contributed by atoms with Crippen LogP contribution in [0.3, 0.4) is 0 Å². The van der Waals surface area contributed by atoms with E-state index in [1.807, 2.05) is 0 Å². The molecule has 1 fully saturated rings. The Hall–Kier alpha value is -1.20. The highest BCUT2D eigenvalue weighted by molar-refractivity contribution is 7.18. The Morgan fingerprint density at radius 2 is 2.20 bits per heavy atom. The smallest absolute Gasteiger partial charge is 0.161 e. The van der Waals surface area contributed by atoms with Crippen molar-refractivity contribution in [3.05, 3.63) is 16.3 Å². The third kappa shape index (κ3) is 2.40. The van der Waals surface area contributed by atoms with Crippen molar-refractivity contribution in [2.45, 2.75) is 46.1 Å². The molecule has 2 aromatic heterocycles. The van der Waals surface area contributed by atoms with Crippen LogP contribution in [0.15, 0.2) is 0 Å². The van der Waals surface area contributed by atoms with Crippen LogP contribution in [0.2, 0.25) is 0 Å². The maximum atomic E-state index is 5.74. The van der Waals surface area contributed by atoms with Crippen molar-refractivity contribution in [2.24, 2.45) is 0 Å². The lowest BCUT2D eigenvalue weighted by atomic mass is 10.2. The summed E-state index contributed by atoms with van der Waals surface area (Å²) in [4.78, 5) is 11.9. The Kier molecular flexibility index (Phi) is 3.89. The first-order chi connectivity index (χ1) is 9.70. The summed E-state index contributed by atoms with van der Waals surface area (Å²) in [5.41, 5.74) is 1.29. The molecular weight excluding hydrogens is 270 g/mol. The van der Waals surface area contributed by atoms with Crippen molar-refractivity contribution < 1.29 is 4.74 Å². The molecule has 3 rings (SSSR count). The molecule has 20 heavy (non-hydrogen) atoms. The largest absolute Gasteiger partial charge is 0.370 e. The van der Waals surface area contributed by atoms with Gasteiger partial charge in [0.2, 0.25) is 0 Å². The Bertz CT molecular complexity index is 617. The van der Waals surface area contributed by atoms with Gasteiger partial charge in [-0.3, -0.25) is 0 Å². The minimum absolute atomic E-state index is 0.0734. The predicted octanol–water partition coefficient (Wildman–Crippen LogP) is 3.98. The van der Waals surface area contributed by atoms with E-state index in [9.17, 15) is 0 Å². The molecule has 0 spiro atoms. The van der Waals surface area contributed by atoms with Crippen molar-refractivity contribution >= 4 is 27.4 Å². The Morgan fingerprint density at radius 3 is 2.90 bits per heavy atom. The van der Waals surface area contributed by atoms with E-state index < -0.39 is 0 Å². The average molecular weight is 291 g/mol. The molecule has 0 saturated carbocycles. The number of aromatic nitrogens is 2. The first-order valence-electron chi connectivity index (χ1n) is 7.33. The first-order valence-corrected chi connectivity index (χ1v) is 8.15. The molecule has 5 heteroatoms. The van der Waals surface area contributed by atoms with Crippen LogP contribution in [0.5, 0.6) is 0 Å². The molecule has 2 aromatic rings. The van der Waals surface area contributed by atoms with E-state index in [-0.39, 0.29) is 6.10 Å². The quantitative estimate of drug-likeness (QED) is 0.925. The zero-order valence-electron chi connectivity index (χ0n) is 12.3. The third-order valence-corrected chi connectivity index (χ3v) is 4.91. The van der Waals surface area contributed by atoms with Gasteiger partial charge in [0.05, 0.1) is 5.39 Å². The highest BCUT2D eigenvalue weighted by Crippen LogP contribution is 2.36. The van der Waals surface area contributed by atoms with Gasteiger partial charge in [-0.15, -0.1) is 11.3 Å². The average Bonchev–Trinajstić information content (AvgIpc) is 3.06. The van der Waals surface area contributed by atoms with E-state index >= 15 is 0 Å². The van der Waals surface area contributed by atoms with Crippen molar-refractivity contribution in [3.63, 3.8) is 0 Å². The first kappa shape index (κ1) is 13.8. The predicted molar refractivity (Wildman–Crippen MR) is 83.6 cm³/mol. The molecule has 3 heterocycles. The van der Waals surface area contributed by atoms with E-state index in [1.54, 1.807) is 11.3 Å². The van der Waals surface area contributed by atoms with Gasteiger partial charge in [-0.2, -0.15) is 0 Å². The number of ether oxygens (including phenoxy) is 1. The second-order valence-electron chi connectivity index (χ2n) is 5.32. The van der Waals surface area contributed by atoms with E-state index in [1.165, 1.54) is 15.8 Å². The van der Waals surface area contributed by atoms with E-state index in [4.69, 9.17) is 14.7 Å². The van der Waals surface area contributed by atoms with E-state index in [2.05, 4.69) is 26.1 Å². The number of hydrogen-bond acceptors (Lipinski definition) is 5. The lowest BCUT2D eigenvalue weighted by Gasteiger charge is -2.12. The van der Waals surface area contributed by atoms with E-state index in [0.717, 1.165) is 48.9 Å². The lowest BCUT2D eigenvalue weighted by molar-refractivity contribution is 0.105. The maximum absolute atomic E-state index is 5.74. The van der Waals surface area contributed by atoms with Crippen LogP contribution in [0.25, 0.3) is 10.2 Å². The fourth-order valence-electron chi connectivity index (χ4n) is 2.56. The standard InChI is InChI=1S/C15H21N3OS/c1-4-7-16-14-12-9(2)10(3)20-15(12)18-13(17-14)11-6-5-8-19-11/h11H,4-8H2,1-3H3,(H,16,17,18). The van der Waals surface area contributed by atoms with Crippen molar-refractivity contribution in [2.75, 3.05) is 18.5 Å². The number of fused-ring (bicyclic) bond motifs is 1. The maximum Gasteiger partial charge on any atom is 0.161 e. The number of aryl methyl sites for hydroxylation is 2. The van der Waals surface area contributed by atoms with Crippen LogP contribution in [0.1, 0.15) is 48.6 Å². The number of thiophene rings is 1. The van der Waals surface area contributed by atoms with Gasteiger partial charge in [-0.25, -0.2) is 9.97 Å². The van der Waals surface area contributed by atoms with E-state index in [0.29, 0.717) is 0 Å². The zero-order chi connectivity index (χ0) is 14.1. The summed E-state index contributed by atoms with van der Waals surface area (Å²) in [6, 6.07) is 0. The fraction of sp³-hybridized carbons (Fsp3) is 0.600. The van der Waals surface area contributed by atoms with Crippen molar-refractivity contribution in [1.29, 1.82) is 0 Å². The molecule has 0 radical (unpaired) electrons. The Morgan fingerprint density at radius 1 is 1.35 bits per heavy atom. The SMILES string of the molecule is CCCNc1nc(C2CCCO2)nc2sc(C)c(C)c12. The summed E-state index contributed by atoms with van der Waals surface area (Å²) in [5, 5.41) is 4.64. The van der Waals surface area contributed by atoms with Crippen molar-refractivity contribution in [3.8, 4) is 0 Å². The molecule has 1 aliphatic rings. The molecule has 0 aliphatic carbocycles. The van der Waals surface area contributed by atoms with Crippen LogP contribution in [-0.2, 0) is 4.74 Å². The molecular formula is C15H21N3OS. The number of hydrogen-bond donors (Lipinski definition) is 1. The molecule has 1 aliphatic heterocycles. The van der Waals surface area contributed by atoms with Gasteiger partial charge in [0.25, 0.3) is 0 Å². The molecule has 1 N–H and O–H groups in total. The van der Waals surface area contributed by atoms with Crippen LogP contribution in [0, 0.1) is 13.8 Å². The monoisotopic (exact) mass is 291 g/mol. The second kappa shape index (κ2) is 5.66. The highest BCUT2D eigenvalue weighted by atomic mass is 32.1. The Labute approximate surface area is 123 Å². The van der Waals surface area contributed by atoms with Crippen molar-refractivity contribution in [1.82, 2.24) is 9.97 Å². The molecule has 1 unspecified atom stereocenters. The topological polar surface area (TPSA) is 47.0 Å². The molecule has 1 atom stereocenters. The summed E-state index contributed by atoms with van der Waals surface area (Å²) >= 11 is 1.75. The molecule has 0 bridgehead atoms. The third-order valence-electron chi connectivity index (χ3n) is 3.81. The normalized spacial score (nSPS) is 18.9. The highest BCUT2D eigenvalue weighted by Gasteiger charge is 2.23. The number of rotatable bonds is 4. The van der Waals surface area contributed by atoms with Gasteiger partial charge in [0, 0.05) is 18.0 Å². The van der Waals surface area contributed by atoms with Gasteiger partial charge >= 0.3 is 0 Å². The Balaban J connectivity index is 2.09. The minimum Gasteiger partial charge on any atom is -0.370 e. The molecule has 108 valence electrons. The molecule has 1 saturated heterocycles. The molecule has 0 amide bonds. The molecule has 4 nitrogen and oxygen atoms in total. The summed E-state index contributed by atoms with van der Waals surface area (Å²) in [7, 11) is 0. The van der Waals surface area contributed by atoms with Gasteiger partial charge in [-0.1, -0.05) is 6.92 Å². The van der Waals surface area contributed by atoms with Crippen LogP contribution in [0.4, 0.5) is 5.82 Å². The summed E-state index contributed by atoms with van der Waals surface area (Å²) in [5.74, 6) is 1.82. The number of anilines is 1. The summed E-state index contributed by atoms with van der Waals surface area (Å²) in [6.07, 6.45) is 3.29. The fourth-order valence-corrected chi connectivity index (χ4v) is 3.60. The van der Waals surface area contributed by atoms with Crippen LogP contribution in [-0.4, -0.2) is 23.1 Å². The summed E-state index contributed by atoms with van der Waals surface area (Å²) < 4.78 is 5.74. The lowest BCUT2D eigenvalue weighted by Crippen LogP contribution is -2.08. The number of nitrogens with zero attached hydrogens (tertiary/aromatic N) is 2. The van der Waals surface area contributed by atoms with Gasteiger partial charge in [0.1, 0.15) is 16.8 Å². The zero-order valence-corrected chi connectivity index (χ0v) is 13.1. The van der Waals surface area contributed by atoms with Gasteiger partial charge in [0.15, 0.2) is 5.82 Å². The van der Waals surface area contributed by atoms with Gasteiger partial charge < -0.3 is 10.1 Å². The molecule has 0 aromatic carbocycles. The minimum atomic E-state index is 0.0734. The second-order valence-corrected chi connectivity index (χ2v) is 6.53. The van der Waals surface area contributed by atoms with Gasteiger partial charge in [-0.05, 0) is 38.7 Å². The van der Waals surface area contributed by atoms with Crippen LogP contribution >= 0.6 is 11.3 Å². The van der Waals surface area contributed by atoms with Crippen LogP contribution < -0.4 is 5.32 Å².